The van der Waals surface area contributed by atoms with Gasteiger partial charge in [0.2, 0.25) is 0 Å². The SMILES string of the molecule is Cc1ccc(CNC(=O)c2nn(-c3ccc(F)cc3)c(CC[C@@H]3C[C@@H](O)CC(=O)O3)c2C(C)C)cc1. The second-order valence-corrected chi connectivity index (χ2v) is 9.66. The van der Waals surface area contributed by atoms with Crippen molar-refractivity contribution in [1.29, 1.82) is 0 Å². The molecule has 7 nitrogen and oxygen atoms in total. The second kappa shape index (κ2) is 11.0. The van der Waals surface area contributed by atoms with Crippen LogP contribution in [0.4, 0.5) is 4.39 Å². The van der Waals surface area contributed by atoms with Crippen LogP contribution in [0.25, 0.3) is 5.69 Å². The predicted molar refractivity (Wildman–Crippen MR) is 133 cm³/mol. The summed E-state index contributed by atoms with van der Waals surface area (Å²) in [6.07, 6.45) is 0.180. The van der Waals surface area contributed by atoms with Crippen LogP contribution in [0, 0.1) is 12.7 Å². The molecule has 0 spiro atoms. The zero-order valence-corrected chi connectivity index (χ0v) is 20.8. The number of amides is 1. The number of esters is 1. The molecule has 2 heterocycles. The van der Waals surface area contributed by atoms with Crippen molar-refractivity contribution in [2.45, 2.75) is 71.1 Å². The number of aromatic nitrogens is 2. The Labute approximate surface area is 210 Å². The lowest BCUT2D eigenvalue weighted by Crippen LogP contribution is -2.33. The van der Waals surface area contributed by atoms with Crippen LogP contribution in [0.3, 0.4) is 0 Å². The highest BCUT2D eigenvalue weighted by Gasteiger charge is 2.30. The molecule has 190 valence electrons. The van der Waals surface area contributed by atoms with Gasteiger partial charge in [-0.2, -0.15) is 5.10 Å². The Morgan fingerprint density at radius 1 is 1.19 bits per heavy atom. The van der Waals surface area contributed by atoms with Gasteiger partial charge in [-0.1, -0.05) is 43.7 Å². The first-order chi connectivity index (χ1) is 17.2. The first-order valence-corrected chi connectivity index (χ1v) is 12.3. The van der Waals surface area contributed by atoms with Gasteiger partial charge in [0.25, 0.3) is 5.91 Å². The van der Waals surface area contributed by atoms with Crippen LogP contribution in [0.15, 0.2) is 48.5 Å². The van der Waals surface area contributed by atoms with Crippen molar-refractivity contribution in [3.8, 4) is 5.69 Å². The summed E-state index contributed by atoms with van der Waals surface area (Å²) in [6, 6.07) is 13.9. The molecule has 1 aliphatic rings. The molecule has 0 saturated carbocycles. The fourth-order valence-electron chi connectivity index (χ4n) is 4.58. The highest BCUT2D eigenvalue weighted by molar-refractivity contribution is 5.94. The molecule has 1 fully saturated rings. The summed E-state index contributed by atoms with van der Waals surface area (Å²) in [5.41, 5.74) is 4.67. The molecular weight excluding hydrogens is 461 g/mol. The molecule has 8 heteroatoms. The molecule has 1 amide bonds. The minimum absolute atomic E-state index is 0.00651. The number of rotatable bonds is 8. The number of aryl methyl sites for hydroxylation is 1. The zero-order valence-electron chi connectivity index (χ0n) is 20.8. The van der Waals surface area contributed by atoms with Gasteiger partial charge in [-0.3, -0.25) is 9.59 Å². The van der Waals surface area contributed by atoms with Gasteiger partial charge >= 0.3 is 5.97 Å². The number of nitrogens with one attached hydrogen (secondary N) is 1. The van der Waals surface area contributed by atoms with Crippen LogP contribution in [0.5, 0.6) is 0 Å². The highest BCUT2D eigenvalue weighted by atomic mass is 19.1. The van der Waals surface area contributed by atoms with E-state index in [-0.39, 0.29) is 24.1 Å². The van der Waals surface area contributed by atoms with Gasteiger partial charge in [0.05, 0.1) is 18.2 Å². The summed E-state index contributed by atoms with van der Waals surface area (Å²) in [4.78, 5) is 25.1. The molecule has 36 heavy (non-hydrogen) atoms. The van der Waals surface area contributed by atoms with Crippen molar-refractivity contribution < 1.29 is 23.8 Å². The first kappa shape index (κ1) is 25.6. The van der Waals surface area contributed by atoms with Crippen molar-refractivity contribution in [2.24, 2.45) is 0 Å². The van der Waals surface area contributed by atoms with Crippen molar-refractivity contribution in [2.75, 3.05) is 0 Å². The fourth-order valence-corrected chi connectivity index (χ4v) is 4.58. The summed E-state index contributed by atoms with van der Waals surface area (Å²) in [6.45, 7) is 6.37. The van der Waals surface area contributed by atoms with E-state index in [0.717, 1.165) is 22.4 Å². The third-order valence-corrected chi connectivity index (χ3v) is 6.40. The first-order valence-electron chi connectivity index (χ1n) is 12.3. The zero-order chi connectivity index (χ0) is 25.8. The lowest BCUT2D eigenvalue weighted by molar-refractivity contribution is -0.160. The highest BCUT2D eigenvalue weighted by Crippen LogP contribution is 2.29. The molecule has 0 unspecified atom stereocenters. The van der Waals surface area contributed by atoms with E-state index < -0.39 is 18.2 Å². The minimum Gasteiger partial charge on any atom is -0.462 e. The fraction of sp³-hybridized carbons (Fsp3) is 0.393. The lowest BCUT2D eigenvalue weighted by Gasteiger charge is -2.26. The smallest absolute Gasteiger partial charge is 0.308 e. The third-order valence-electron chi connectivity index (χ3n) is 6.40. The van der Waals surface area contributed by atoms with Gasteiger partial charge in [-0.15, -0.1) is 0 Å². The van der Waals surface area contributed by atoms with Crippen LogP contribution in [-0.2, 0) is 22.5 Å². The molecule has 3 aromatic rings. The number of hydrogen-bond acceptors (Lipinski definition) is 5. The number of hydrogen-bond donors (Lipinski definition) is 2. The predicted octanol–water partition coefficient (Wildman–Crippen LogP) is 4.37. The number of carbonyl (C=O) groups excluding carboxylic acids is 2. The van der Waals surface area contributed by atoms with E-state index in [1.807, 2.05) is 45.0 Å². The average Bonchev–Trinajstić information content (AvgIpc) is 3.22. The third kappa shape index (κ3) is 5.99. The Hall–Kier alpha value is -3.52. The largest absolute Gasteiger partial charge is 0.462 e. The van der Waals surface area contributed by atoms with Crippen molar-refractivity contribution >= 4 is 11.9 Å². The van der Waals surface area contributed by atoms with Gasteiger partial charge in [0.15, 0.2) is 5.69 Å². The summed E-state index contributed by atoms with van der Waals surface area (Å²) in [5.74, 6) is -1.09. The molecule has 1 aromatic heterocycles. The van der Waals surface area contributed by atoms with Gasteiger partial charge in [0.1, 0.15) is 11.9 Å². The number of ether oxygens (including phenoxy) is 1. The molecule has 2 aromatic carbocycles. The molecule has 0 radical (unpaired) electrons. The van der Waals surface area contributed by atoms with E-state index in [4.69, 9.17) is 4.74 Å². The number of halogens is 1. The minimum atomic E-state index is -0.717. The number of aliphatic hydroxyl groups excluding tert-OH is 1. The number of carbonyl (C=O) groups is 2. The Balaban J connectivity index is 1.65. The molecule has 4 rings (SSSR count). The number of benzene rings is 2. The van der Waals surface area contributed by atoms with E-state index in [0.29, 0.717) is 37.2 Å². The topological polar surface area (TPSA) is 93.5 Å². The molecule has 2 N–H and O–H groups in total. The summed E-state index contributed by atoms with van der Waals surface area (Å²) < 4.78 is 20.7. The van der Waals surface area contributed by atoms with Gasteiger partial charge in [-0.05, 0) is 55.5 Å². The van der Waals surface area contributed by atoms with E-state index in [2.05, 4.69) is 10.4 Å². The molecule has 1 aliphatic heterocycles. The van der Waals surface area contributed by atoms with Gasteiger partial charge in [0, 0.05) is 24.2 Å². The van der Waals surface area contributed by atoms with Crippen LogP contribution in [0.1, 0.15) is 71.9 Å². The molecular formula is C28H32FN3O4. The van der Waals surface area contributed by atoms with Gasteiger partial charge < -0.3 is 15.2 Å². The Morgan fingerprint density at radius 3 is 2.53 bits per heavy atom. The number of aliphatic hydroxyl groups is 1. The maximum atomic E-state index is 13.6. The average molecular weight is 494 g/mol. The summed E-state index contributed by atoms with van der Waals surface area (Å²) in [5, 5.41) is 17.6. The monoisotopic (exact) mass is 493 g/mol. The number of cyclic esters (lactones) is 1. The lowest BCUT2D eigenvalue weighted by atomic mass is 9.95. The quantitative estimate of drug-likeness (QED) is 0.455. The van der Waals surface area contributed by atoms with Crippen LogP contribution >= 0.6 is 0 Å². The Bertz CT molecular complexity index is 1220. The summed E-state index contributed by atoms with van der Waals surface area (Å²) >= 11 is 0. The van der Waals surface area contributed by atoms with Crippen LogP contribution in [0.2, 0.25) is 0 Å². The molecule has 1 saturated heterocycles. The molecule has 0 bridgehead atoms. The van der Waals surface area contributed by atoms with Gasteiger partial charge in [-0.25, -0.2) is 9.07 Å². The van der Waals surface area contributed by atoms with Crippen molar-refractivity contribution in [3.63, 3.8) is 0 Å². The normalized spacial score (nSPS) is 17.8. The maximum absolute atomic E-state index is 13.6. The van der Waals surface area contributed by atoms with E-state index in [1.54, 1.807) is 16.8 Å². The maximum Gasteiger partial charge on any atom is 0.308 e. The van der Waals surface area contributed by atoms with E-state index >= 15 is 0 Å². The molecule has 0 aliphatic carbocycles. The Morgan fingerprint density at radius 2 is 1.89 bits per heavy atom. The van der Waals surface area contributed by atoms with Crippen LogP contribution in [-0.4, -0.2) is 39.0 Å². The van der Waals surface area contributed by atoms with E-state index in [1.165, 1.54) is 12.1 Å². The summed E-state index contributed by atoms with van der Waals surface area (Å²) in [7, 11) is 0. The van der Waals surface area contributed by atoms with E-state index in [9.17, 15) is 19.1 Å². The number of nitrogens with zero attached hydrogens (tertiary/aromatic N) is 2. The standard InChI is InChI=1S/C28H32FN3O4/c1-17(2)26-24(13-12-23-14-22(33)15-25(34)36-23)32(21-10-8-20(29)9-11-21)31-27(26)28(35)30-16-19-6-4-18(3)5-7-19/h4-11,17,22-23,33H,12-16H2,1-3H3,(H,30,35)/t22-,23-/m1/s1. The van der Waals surface area contributed by atoms with Crippen molar-refractivity contribution in [1.82, 2.24) is 15.1 Å². The second-order valence-electron chi connectivity index (χ2n) is 9.66. The van der Waals surface area contributed by atoms with Crippen molar-refractivity contribution in [3.05, 3.63) is 82.4 Å². The molecule has 2 atom stereocenters. The van der Waals surface area contributed by atoms with Crippen LogP contribution < -0.4 is 5.32 Å². The Kier molecular flexibility index (Phi) is 7.84.